The number of nitrogens with zero attached hydrogens (tertiary/aromatic N) is 3. The number of ether oxygens (including phenoxy) is 1. The molecular weight excluding hydrogens is 232 g/mol. The number of para-hydroxylation sites is 2. The zero-order chi connectivity index (χ0) is 13.4. The lowest BCUT2D eigenvalue weighted by Crippen LogP contribution is -2.35. The molecule has 0 aliphatic carbocycles. The van der Waals surface area contributed by atoms with Gasteiger partial charge in [-0.3, -0.25) is 4.79 Å². The van der Waals surface area contributed by atoms with Gasteiger partial charge in [-0.15, -0.1) is 0 Å². The van der Waals surface area contributed by atoms with Gasteiger partial charge in [0.05, 0.1) is 17.8 Å². The van der Waals surface area contributed by atoms with Gasteiger partial charge in [-0.25, -0.2) is 0 Å². The number of benzene rings is 1. The van der Waals surface area contributed by atoms with Gasteiger partial charge in [0.25, 0.3) is 5.91 Å². The molecule has 18 heavy (non-hydrogen) atoms. The molecule has 0 bridgehead atoms. The highest BCUT2D eigenvalue weighted by molar-refractivity contribution is 5.78. The molecular formula is C12H12N4O2. The summed E-state index contributed by atoms with van der Waals surface area (Å²) in [6.45, 7) is -0.530. The van der Waals surface area contributed by atoms with Crippen molar-refractivity contribution >= 4 is 11.6 Å². The molecule has 1 amide bonds. The molecule has 2 N–H and O–H groups in total. The molecule has 0 fully saturated rings. The summed E-state index contributed by atoms with van der Waals surface area (Å²) in [4.78, 5) is 12.8. The van der Waals surface area contributed by atoms with Crippen molar-refractivity contribution in [1.82, 2.24) is 4.90 Å². The second-order valence-electron chi connectivity index (χ2n) is 3.39. The molecule has 0 saturated carbocycles. The van der Waals surface area contributed by atoms with Gasteiger partial charge in [-0.1, -0.05) is 12.1 Å². The van der Waals surface area contributed by atoms with Crippen molar-refractivity contribution in [2.75, 3.05) is 25.4 Å². The van der Waals surface area contributed by atoms with E-state index < -0.39 is 5.91 Å². The molecule has 0 aliphatic rings. The molecule has 6 heteroatoms. The van der Waals surface area contributed by atoms with Crippen LogP contribution >= 0.6 is 0 Å². The van der Waals surface area contributed by atoms with Crippen LogP contribution in [0.4, 0.5) is 5.69 Å². The third kappa shape index (κ3) is 3.69. The summed E-state index contributed by atoms with van der Waals surface area (Å²) in [5, 5.41) is 17.1. The fraction of sp³-hybridized carbons (Fsp3) is 0.250. The van der Waals surface area contributed by atoms with E-state index in [0.717, 1.165) is 4.90 Å². The second-order valence-corrected chi connectivity index (χ2v) is 3.39. The van der Waals surface area contributed by atoms with Crippen LogP contribution in [-0.2, 0) is 4.79 Å². The van der Waals surface area contributed by atoms with Gasteiger partial charge in [0.2, 0.25) is 0 Å². The van der Waals surface area contributed by atoms with Crippen LogP contribution in [0.15, 0.2) is 24.3 Å². The topological polar surface area (TPSA) is 103 Å². The summed E-state index contributed by atoms with van der Waals surface area (Å²) in [5.74, 6) is -0.0268. The lowest BCUT2D eigenvalue weighted by molar-refractivity contribution is -0.132. The van der Waals surface area contributed by atoms with Crippen LogP contribution in [0.25, 0.3) is 0 Å². The van der Waals surface area contributed by atoms with Crippen molar-refractivity contribution in [2.24, 2.45) is 0 Å². The Hall–Kier alpha value is -2.73. The highest BCUT2D eigenvalue weighted by Gasteiger charge is 2.13. The standard InChI is InChI=1S/C12H12N4O2/c13-5-7-16(8-6-14)12(17)9-18-11-4-2-1-3-10(11)15/h1-4H,7-9,15H2. The number of nitriles is 2. The summed E-state index contributed by atoms with van der Waals surface area (Å²) < 4.78 is 5.24. The monoisotopic (exact) mass is 244 g/mol. The first-order chi connectivity index (χ1) is 8.69. The number of carbonyl (C=O) groups excluding carboxylic acids is 1. The number of nitrogen functional groups attached to an aromatic ring is 1. The smallest absolute Gasteiger partial charge is 0.262 e. The molecule has 0 radical (unpaired) electrons. The first kappa shape index (κ1) is 13.3. The summed E-state index contributed by atoms with van der Waals surface area (Å²) in [7, 11) is 0. The van der Waals surface area contributed by atoms with Crippen molar-refractivity contribution in [2.45, 2.75) is 0 Å². The third-order valence-electron chi connectivity index (χ3n) is 2.15. The maximum Gasteiger partial charge on any atom is 0.262 e. The van der Waals surface area contributed by atoms with E-state index in [9.17, 15) is 4.79 Å². The summed E-state index contributed by atoms with van der Waals surface area (Å²) in [6.07, 6.45) is 0. The van der Waals surface area contributed by atoms with Crippen molar-refractivity contribution in [1.29, 1.82) is 10.5 Å². The average molecular weight is 244 g/mol. The molecule has 0 spiro atoms. The maximum atomic E-state index is 11.7. The van der Waals surface area contributed by atoms with E-state index in [-0.39, 0.29) is 19.7 Å². The molecule has 1 aromatic rings. The molecule has 0 aromatic heterocycles. The summed E-state index contributed by atoms with van der Waals surface area (Å²) in [6, 6.07) is 10.4. The van der Waals surface area contributed by atoms with Crippen LogP contribution in [-0.4, -0.2) is 30.5 Å². The van der Waals surface area contributed by atoms with E-state index in [2.05, 4.69) is 0 Å². The SMILES string of the molecule is N#CCN(CC#N)C(=O)COc1ccccc1N. The molecule has 0 heterocycles. The van der Waals surface area contributed by atoms with Crippen LogP contribution in [0.2, 0.25) is 0 Å². The Morgan fingerprint density at radius 2 is 1.89 bits per heavy atom. The molecule has 0 aliphatic heterocycles. The number of amides is 1. The minimum absolute atomic E-state index is 0.139. The Morgan fingerprint density at radius 1 is 1.28 bits per heavy atom. The van der Waals surface area contributed by atoms with Crippen molar-refractivity contribution < 1.29 is 9.53 Å². The fourth-order valence-electron chi connectivity index (χ4n) is 1.25. The number of nitrogens with two attached hydrogens (primary N) is 1. The number of anilines is 1. The Kier molecular flexibility index (Phi) is 5.01. The van der Waals surface area contributed by atoms with Crippen molar-refractivity contribution in [3.8, 4) is 17.9 Å². The third-order valence-corrected chi connectivity index (χ3v) is 2.15. The number of hydrogen-bond donors (Lipinski definition) is 1. The van der Waals surface area contributed by atoms with Gasteiger partial charge >= 0.3 is 0 Å². The minimum Gasteiger partial charge on any atom is -0.482 e. The predicted octanol–water partition coefficient (Wildman–Crippen LogP) is 0.523. The zero-order valence-corrected chi connectivity index (χ0v) is 9.67. The number of hydrogen-bond acceptors (Lipinski definition) is 5. The Bertz CT molecular complexity index is 486. The van der Waals surface area contributed by atoms with Crippen LogP contribution in [0.3, 0.4) is 0 Å². The Labute approximate surface area is 105 Å². The van der Waals surface area contributed by atoms with Gasteiger partial charge in [0, 0.05) is 0 Å². The Morgan fingerprint density at radius 3 is 2.44 bits per heavy atom. The van der Waals surface area contributed by atoms with Gasteiger partial charge in [-0.05, 0) is 12.1 Å². The zero-order valence-electron chi connectivity index (χ0n) is 9.67. The lowest BCUT2D eigenvalue weighted by Gasteiger charge is -2.16. The minimum atomic E-state index is -0.429. The highest BCUT2D eigenvalue weighted by Crippen LogP contribution is 2.19. The van der Waals surface area contributed by atoms with Crippen molar-refractivity contribution in [3.63, 3.8) is 0 Å². The van der Waals surface area contributed by atoms with E-state index in [0.29, 0.717) is 11.4 Å². The van der Waals surface area contributed by atoms with Crippen molar-refractivity contribution in [3.05, 3.63) is 24.3 Å². The summed E-state index contributed by atoms with van der Waals surface area (Å²) >= 11 is 0. The quantitative estimate of drug-likeness (QED) is 0.600. The fourth-order valence-corrected chi connectivity index (χ4v) is 1.25. The van der Waals surface area contributed by atoms with Gasteiger partial charge in [-0.2, -0.15) is 10.5 Å². The van der Waals surface area contributed by atoms with E-state index in [4.69, 9.17) is 21.0 Å². The van der Waals surface area contributed by atoms with Gasteiger partial charge < -0.3 is 15.4 Å². The van der Waals surface area contributed by atoms with Crippen LogP contribution < -0.4 is 10.5 Å². The van der Waals surface area contributed by atoms with E-state index >= 15 is 0 Å². The van der Waals surface area contributed by atoms with E-state index in [1.54, 1.807) is 24.3 Å². The van der Waals surface area contributed by atoms with Gasteiger partial charge in [0.15, 0.2) is 6.61 Å². The van der Waals surface area contributed by atoms with Gasteiger partial charge in [0.1, 0.15) is 18.8 Å². The molecule has 0 saturated heterocycles. The van der Waals surface area contributed by atoms with Crippen LogP contribution in [0, 0.1) is 22.7 Å². The number of carbonyl (C=O) groups is 1. The normalized spacial score (nSPS) is 9.00. The number of rotatable bonds is 5. The predicted molar refractivity (Wildman–Crippen MR) is 64.2 cm³/mol. The van der Waals surface area contributed by atoms with E-state index in [1.165, 1.54) is 0 Å². The first-order valence-electron chi connectivity index (χ1n) is 5.18. The lowest BCUT2D eigenvalue weighted by atomic mass is 10.3. The first-order valence-corrected chi connectivity index (χ1v) is 5.18. The average Bonchev–Trinajstić information content (AvgIpc) is 2.37. The molecule has 92 valence electrons. The van der Waals surface area contributed by atoms with Crippen LogP contribution in [0.1, 0.15) is 0 Å². The summed E-state index contributed by atoms with van der Waals surface area (Å²) in [5.41, 5.74) is 6.07. The molecule has 6 nitrogen and oxygen atoms in total. The second kappa shape index (κ2) is 6.77. The molecule has 1 rings (SSSR count). The molecule has 1 aromatic carbocycles. The highest BCUT2D eigenvalue weighted by atomic mass is 16.5. The molecule has 0 unspecified atom stereocenters. The van der Waals surface area contributed by atoms with Crippen LogP contribution in [0.5, 0.6) is 5.75 Å². The molecule has 0 atom stereocenters. The van der Waals surface area contributed by atoms with E-state index in [1.807, 2.05) is 12.1 Å². The largest absolute Gasteiger partial charge is 0.482 e. The Balaban J connectivity index is 2.58. The maximum absolute atomic E-state index is 11.7.